The van der Waals surface area contributed by atoms with Crippen molar-refractivity contribution in [2.45, 2.75) is 63.0 Å². The van der Waals surface area contributed by atoms with Crippen LogP contribution in [-0.2, 0) is 25.7 Å². The molecule has 3 rings (SSSR count). The first-order valence-corrected chi connectivity index (χ1v) is 12.0. The molecule has 2 aliphatic rings. The van der Waals surface area contributed by atoms with Gasteiger partial charge < -0.3 is 9.84 Å². The van der Waals surface area contributed by atoms with Crippen LogP contribution in [0, 0.1) is 5.92 Å². The molecule has 4 atom stereocenters. The van der Waals surface area contributed by atoms with Crippen LogP contribution >= 0.6 is 0 Å². The Hall–Kier alpha value is -2.17. The molecule has 2 bridgehead atoms. The number of halogens is 3. The van der Waals surface area contributed by atoms with E-state index in [9.17, 15) is 26.4 Å². The van der Waals surface area contributed by atoms with Gasteiger partial charge in [0.05, 0.1) is 23.8 Å². The van der Waals surface area contributed by atoms with Crippen LogP contribution in [0.1, 0.15) is 49.7 Å². The summed E-state index contributed by atoms with van der Waals surface area (Å²) in [4.78, 5) is 10.5. The summed E-state index contributed by atoms with van der Waals surface area (Å²) >= 11 is 0. The van der Waals surface area contributed by atoms with E-state index in [1.807, 2.05) is 12.2 Å². The van der Waals surface area contributed by atoms with Crippen molar-refractivity contribution in [1.82, 2.24) is 4.72 Å². The second-order valence-corrected chi connectivity index (χ2v) is 9.66. The minimum absolute atomic E-state index is 0.0290. The fourth-order valence-corrected chi connectivity index (χ4v) is 5.28. The second kappa shape index (κ2) is 10.2. The highest BCUT2D eigenvalue weighted by atomic mass is 32.2. The summed E-state index contributed by atoms with van der Waals surface area (Å²) in [6, 6.07) is 3.85. The zero-order valence-corrected chi connectivity index (χ0v) is 18.1. The maximum Gasteiger partial charge on any atom is 0.416 e. The third kappa shape index (κ3) is 6.66. The van der Waals surface area contributed by atoms with E-state index in [1.54, 1.807) is 0 Å². The van der Waals surface area contributed by atoms with Crippen LogP contribution in [0.4, 0.5) is 13.2 Å². The number of sulfonamides is 1. The highest BCUT2D eigenvalue weighted by Gasteiger charge is 2.49. The number of aliphatic carboxylic acids is 1. The van der Waals surface area contributed by atoms with Gasteiger partial charge in [-0.2, -0.15) is 13.2 Å². The Morgan fingerprint density at radius 1 is 1.16 bits per heavy atom. The molecule has 32 heavy (non-hydrogen) atoms. The number of ether oxygens (including phenoxy) is 1. The molecule has 10 heteroatoms. The lowest BCUT2D eigenvalue weighted by Gasteiger charge is -2.27. The maximum absolute atomic E-state index is 12.6. The molecule has 2 N–H and O–H groups in total. The number of nitrogens with one attached hydrogen (secondary N) is 1. The highest BCUT2D eigenvalue weighted by molar-refractivity contribution is 7.92. The Kier molecular flexibility index (Phi) is 7.79. The van der Waals surface area contributed by atoms with Crippen molar-refractivity contribution in [2.75, 3.05) is 0 Å². The largest absolute Gasteiger partial charge is 0.481 e. The number of carboxylic acid groups (broad SMARTS) is 1. The van der Waals surface area contributed by atoms with Crippen molar-refractivity contribution in [2.24, 2.45) is 5.92 Å². The van der Waals surface area contributed by atoms with Gasteiger partial charge in [0.25, 0.3) is 0 Å². The number of alkyl halides is 3. The van der Waals surface area contributed by atoms with Gasteiger partial charge in [-0.3, -0.25) is 4.79 Å². The van der Waals surface area contributed by atoms with Gasteiger partial charge >= 0.3 is 12.1 Å². The summed E-state index contributed by atoms with van der Waals surface area (Å²) < 4.78 is 71.7. The Morgan fingerprint density at radius 3 is 2.50 bits per heavy atom. The number of hydrogen-bond donors (Lipinski definition) is 2. The van der Waals surface area contributed by atoms with Gasteiger partial charge in [0.1, 0.15) is 0 Å². The molecule has 0 aliphatic carbocycles. The highest BCUT2D eigenvalue weighted by Crippen LogP contribution is 2.41. The Labute approximate surface area is 185 Å². The lowest BCUT2D eigenvalue weighted by molar-refractivity contribution is -0.138. The number of unbranched alkanes of at least 4 members (excludes halogenated alkanes) is 1. The average molecular weight is 474 g/mol. The number of carboxylic acids is 1. The number of benzene rings is 1. The Morgan fingerprint density at radius 2 is 1.84 bits per heavy atom. The minimum Gasteiger partial charge on any atom is -0.481 e. The average Bonchev–Trinajstić information content (AvgIpc) is 3.31. The number of fused-ring (bicyclic) bond motifs is 2. The lowest BCUT2D eigenvalue weighted by atomic mass is 9.83. The molecule has 1 aromatic rings. The SMILES string of the molecule is O=C(O)CCCC=CCC1C2CCC(O2)C1NS(=O)(=O)C=Cc1ccc(C(F)(F)F)cc1. The first-order valence-electron chi connectivity index (χ1n) is 10.4. The molecule has 1 aromatic carbocycles. The first kappa shape index (κ1) is 24.5. The van der Waals surface area contributed by atoms with E-state index in [1.165, 1.54) is 18.2 Å². The molecule has 2 aliphatic heterocycles. The van der Waals surface area contributed by atoms with E-state index < -0.39 is 27.7 Å². The van der Waals surface area contributed by atoms with E-state index in [0.717, 1.165) is 30.4 Å². The fraction of sp³-hybridized carbons (Fsp3) is 0.500. The van der Waals surface area contributed by atoms with E-state index >= 15 is 0 Å². The zero-order valence-electron chi connectivity index (χ0n) is 17.3. The first-order chi connectivity index (χ1) is 15.0. The van der Waals surface area contributed by atoms with Gasteiger partial charge in [-0.15, -0.1) is 0 Å². The van der Waals surface area contributed by atoms with Crippen molar-refractivity contribution in [3.63, 3.8) is 0 Å². The smallest absolute Gasteiger partial charge is 0.416 e. The van der Waals surface area contributed by atoms with Crippen molar-refractivity contribution >= 4 is 22.1 Å². The summed E-state index contributed by atoms with van der Waals surface area (Å²) in [6.07, 6.45) is 3.95. The molecule has 2 fully saturated rings. The third-order valence-electron chi connectivity index (χ3n) is 5.74. The molecular formula is C22H26F3NO5S. The molecule has 6 nitrogen and oxygen atoms in total. The van der Waals surface area contributed by atoms with E-state index in [-0.39, 0.29) is 30.6 Å². The van der Waals surface area contributed by atoms with Crippen LogP contribution in [0.15, 0.2) is 41.8 Å². The Balaban J connectivity index is 1.59. The molecule has 0 aromatic heterocycles. The van der Waals surface area contributed by atoms with E-state index in [4.69, 9.17) is 9.84 Å². The standard InChI is InChI=1S/C22H26F3NO5S/c23-22(24,25)16-9-7-15(8-10-16)13-14-32(29,30)26-21-17(18-11-12-19(21)31-18)5-3-1-2-4-6-20(27)28/h1,3,7-10,13-14,17-19,21,26H,2,4-6,11-12H2,(H,27,28). The Bertz CT molecular complexity index is 957. The molecular weight excluding hydrogens is 447 g/mol. The number of carbonyl (C=O) groups is 1. The quantitative estimate of drug-likeness (QED) is 0.390. The molecule has 0 saturated carbocycles. The number of allylic oxidation sites excluding steroid dienone is 2. The van der Waals surface area contributed by atoms with Gasteiger partial charge in [0.2, 0.25) is 10.0 Å². The number of hydrogen-bond acceptors (Lipinski definition) is 4. The second-order valence-electron chi connectivity index (χ2n) is 8.06. The van der Waals surface area contributed by atoms with Crippen LogP contribution in [0.5, 0.6) is 0 Å². The van der Waals surface area contributed by atoms with E-state index in [0.29, 0.717) is 24.8 Å². The van der Waals surface area contributed by atoms with Crippen LogP contribution in [-0.4, -0.2) is 37.7 Å². The van der Waals surface area contributed by atoms with Crippen LogP contribution in [0.25, 0.3) is 6.08 Å². The summed E-state index contributed by atoms with van der Waals surface area (Å²) in [7, 11) is -3.83. The molecule has 176 valence electrons. The van der Waals surface area contributed by atoms with Crippen molar-refractivity contribution in [3.05, 3.63) is 53.0 Å². The van der Waals surface area contributed by atoms with Crippen molar-refractivity contribution < 1.29 is 36.2 Å². The fourth-order valence-electron chi connectivity index (χ4n) is 4.16. The van der Waals surface area contributed by atoms with Gasteiger partial charge in [-0.05, 0) is 55.9 Å². The zero-order chi connectivity index (χ0) is 23.4. The molecule has 0 spiro atoms. The van der Waals surface area contributed by atoms with Gasteiger partial charge in [0, 0.05) is 17.7 Å². The summed E-state index contributed by atoms with van der Waals surface area (Å²) in [5, 5.41) is 9.62. The molecule has 4 unspecified atom stereocenters. The van der Waals surface area contributed by atoms with Crippen LogP contribution < -0.4 is 4.72 Å². The summed E-state index contributed by atoms with van der Waals surface area (Å²) in [5.74, 6) is -0.863. The molecule has 0 amide bonds. The molecule has 2 saturated heterocycles. The van der Waals surface area contributed by atoms with Crippen molar-refractivity contribution in [1.29, 1.82) is 0 Å². The van der Waals surface area contributed by atoms with Crippen molar-refractivity contribution in [3.8, 4) is 0 Å². The molecule has 2 heterocycles. The van der Waals surface area contributed by atoms with Crippen LogP contribution in [0.2, 0.25) is 0 Å². The predicted molar refractivity (Wildman–Crippen MR) is 113 cm³/mol. The number of rotatable bonds is 10. The van der Waals surface area contributed by atoms with Gasteiger partial charge in [-0.1, -0.05) is 24.3 Å². The van der Waals surface area contributed by atoms with Gasteiger partial charge in [-0.25, -0.2) is 13.1 Å². The lowest BCUT2D eigenvalue weighted by Crippen LogP contribution is -2.46. The monoisotopic (exact) mass is 473 g/mol. The van der Waals surface area contributed by atoms with E-state index in [2.05, 4.69) is 4.72 Å². The molecule has 0 radical (unpaired) electrons. The minimum atomic E-state index is -4.45. The summed E-state index contributed by atoms with van der Waals surface area (Å²) in [5.41, 5.74) is -0.456. The normalized spacial score (nSPS) is 25.8. The predicted octanol–water partition coefficient (Wildman–Crippen LogP) is 4.34. The van der Waals surface area contributed by atoms with Gasteiger partial charge in [0.15, 0.2) is 0 Å². The summed E-state index contributed by atoms with van der Waals surface area (Å²) in [6.45, 7) is 0. The maximum atomic E-state index is 12.6. The topological polar surface area (TPSA) is 92.7 Å². The third-order valence-corrected chi connectivity index (χ3v) is 6.83. The van der Waals surface area contributed by atoms with Crippen LogP contribution in [0.3, 0.4) is 0 Å².